The third-order valence-corrected chi connectivity index (χ3v) is 5.70. The molecular formula is C17H22INO4. The minimum absolute atomic E-state index is 0.114. The number of halogens is 1. The van der Waals surface area contributed by atoms with Crippen LogP contribution in [0.5, 0.6) is 0 Å². The van der Waals surface area contributed by atoms with Crippen LogP contribution in [0, 0.1) is 17.8 Å². The van der Waals surface area contributed by atoms with Gasteiger partial charge in [0.15, 0.2) is 0 Å². The second-order valence-electron chi connectivity index (χ2n) is 5.87. The highest BCUT2D eigenvalue weighted by molar-refractivity contribution is 14.1. The molecule has 1 unspecified atom stereocenters. The van der Waals surface area contributed by atoms with Crippen LogP contribution in [0.3, 0.4) is 0 Å². The van der Waals surface area contributed by atoms with Crippen molar-refractivity contribution in [2.45, 2.75) is 13.5 Å². The predicted octanol–water partition coefficient (Wildman–Crippen LogP) is 3.12. The summed E-state index contributed by atoms with van der Waals surface area (Å²) in [5.74, 6) is -0.0608. The molecule has 3 atom stereocenters. The molecule has 1 aromatic rings. The molecule has 0 N–H and O–H groups in total. The second-order valence-corrected chi connectivity index (χ2v) is 6.75. The lowest BCUT2D eigenvalue weighted by molar-refractivity contribution is -0.146. The fraction of sp³-hybridized carbons (Fsp3) is 0.529. The van der Waals surface area contributed by atoms with Crippen molar-refractivity contribution in [2.75, 3.05) is 24.6 Å². The lowest BCUT2D eigenvalue weighted by Gasteiger charge is -2.21. The first-order valence-electron chi connectivity index (χ1n) is 7.66. The normalized spacial score (nSPS) is 21.8. The van der Waals surface area contributed by atoms with E-state index >= 15 is 0 Å². The van der Waals surface area contributed by atoms with Crippen LogP contribution >= 0.6 is 22.6 Å². The van der Waals surface area contributed by atoms with E-state index in [1.165, 1.54) is 7.11 Å². The molecule has 0 radical (unpaired) electrons. The summed E-state index contributed by atoms with van der Waals surface area (Å²) >= 11 is 2.31. The lowest BCUT2D eigenvalue weighted by atomic mass is 9.86. The summed E-state index contributed by atoms with van der Waals surface area (Å²) in [4.78, 5) is 25.9. The molecule has 1 aromatic carbocycles. The average molecular weight is 431 g/mol. The third-order valence-electron chi connectivity index (χ3n) is 4.31. The fourth-order valence-electron chi connectivity index (χ4n) is 2.88. The standard InChI is InChI=1S/C17H22INO4/c1-12(8-18)14-9-19(10-15(14)16(20)22-2)17(21)23-11-13-6-4-3-5-7-13/h3-7,12,14-15H,8-11H2,1-2H3/t12-,14+,15?/m0/s1. The molecule has 1 heterocycles. The van der Waals surface area contributed by atoms with Crippen LogP contribution in [0.1, 0.15) is 12.5 Å². The Kier molecular flexibility index (Phi) is 6.68. The summed E-state index contributed by atoms with van der Waals surface area (Å²) in [6.07, 6.45) is -0.370. The number of carbonyl (C=O) groups excluding carboxylic acids is 2. The number of rotatable bonds is 5. The van der Waals surface area contributed by atoms with Gasteiger partial charge in [-0.05, 0) is 17.4 Å². The summed E-state index contributed by atoms with van der Waals surface area (Å²) in [5.41, 5.74) is 0.946. The first-order valence-corrected chi connectivity index (χ1v) is 9.18. The molecule has 0 saturated carbocycles. The van der Waals surface area contributed by atoms with Crippen LogP contribution in [0.15, 0.2) is 30.3 Å². The molecule has 126 valence electrons. The maximum atomic E-state index is 12.3. The maximum absolute atomic E-state index is 12.3. The number of likely N-dealkylation sites (tertiary alicyclic amines) is 1. The van der Waals surface area contributed by atoms with Gasteiger partial charge in [0.05, 0.1) is 13.0 Å². The van der Waals surface area contributed by atoms with Gasteiger partial charge >= 0.3 is 12.1 Å². The molecule has 0 aromatic heterocycles. The van der Waals surface area contributed by atoms with Crippen molar-refractivity contribution in [2.24, 2.45) is 17.8 Å². The summed E-state index contributed by atoms with van der Waals surface area (Å²) in [6, 6.07) is 9.56. The average Bonchev–Trinajstić information content (AvgIpc) is 3.04. The summed E-state index contributed by atoms with van der Waals surface area (Å²) < 4.78 is 11.2. The van der Waals surface area contributed by atoms with Gasteiger partial charge in [0, 0.05) is 17.5 Å². The van der Waals surface area contributed by atoms with Crippen molar-refractivity contribution in [1.29, 1.82) is 0 Å². The molecule has 1 amide bonds. The van der Waals surface area contributed by atoms with Crippen LogP contribution < -0.4 is 0 Å². The number of esters is 1. The van der Waals surface area contributed by atoms with Gasteiger partial charge in [0.1, 0.15) is 6.61 Å². The zero-order chi connectivity index (χ0) is 16.8. The Labute approximate surface area is 150 Å². The first kappa shape index (κ1) is 18.0. The minimum Gasteiger partial charge on any atom is -0.469 e. The summed E-state index contributed by atoms with van der Waals surface area (Å²) in [7, 11) is 1.39. The fourth-order valence-corrected chi connectivity index (χ4v) is 3.53. The number of hydrogen-bond acceptors (Lipinski definition) is 4. The van der Waals surface area contributed by atoms with Crippen molar-refractivity contribution in [3.8, 4) is 0 Å². The van der Waals surface area contributed by atoms with E-state index in [4.69, 9.17) is 9.47 Å². The van der Waals surface area contributed by atoms with Gasteiger partial charge < -0.3 is 14.4 Å². The molecule has 5 nitrogen and oxygen atoms in total. The molecule has 1 saturated heterocycles. The minimum atomic E-state index is -0.370. The van der Waals surface area contributed by atoms with E-state index in [-0.39, 0.29) is 30.5 Å². The van der Waals surface area contributed by atoms with Gasteiger partial charge in [-0.3, -0.25) is 4.79 Å². The van der Waals surface area contributed by atoms with Gasteiger partial charge in [0.2, 0.25) is 0 Å². The van der Waals surface area contributed by atoms with E-state index < -0.39 is 0 Å². The van der Waals surface area contributed by atoms with Gasteiger partial charge in [-0.1, -0.05) is 59.8 Å². The van der Waals surface area contributed by atoms with Crippen molar-refractivity contribution in [3.63, 3.8) is 0 Å². The van der Waals surface area contributed by atoms with Crippen LogP contribution in [0.2, 0.25) is 0 Å². The molecule has 1 aliphatic heterocycles. The van der Waals surface area contributed by atoms with E-state index in [0.717, 1.165) is 9.99 Å². The summed E-state index contributed by atoms with van der Waals surface area (Å²) in [5, 5.41) is 0. The second kappa shape index (κ2) is 8.52. The van der Waals surface area contributed by atoms with E-state index in [1.807, 2.05) is 30.3 Å². The molecule has 1 aliphatic rings. The number of nitrogens with zero attached hydrogens (tertiary/aromatic N) is 1. The van der Waals surface area contributed by atoms with Crippen LogP contribution in [0.4, 0.5) is 4.79 Å². The molecule has 0 spiro atoms. The molecule has 0 aliphatic carbocycles. The van der Waals surface area contributed by atoms with E-state index in [9.17, 15) is 9.59 Å². The zero-order valence-electron chi connectivity index (χ0n) is 13.4. The lowest BCUT2D eigenvalue weighted by Crippen LogP contribution is -2.30. The van der Waals surface area contributed by atoms with Crippen LogP contribution in [-0.4, -0.2) is 41.6 Å². The topological polar surface area (TPSA) is 55.8 Å². The third kappa shape index (κ3) is 4.59. The van der Waals surface area contributed by atoms with E-state index in [1.54, 1.807) is 4.90 Å². The molecule has 23 heavy (non-hydrogen) atoms. The highest BCUT2D eigenvalue weighted by atomic mass is 127. The van der Waals surface area contributed by atoms with Gasteiger partial charge in [-0.2, -0.15) is 0 Å². The highest BCUT2D eigenvalue weighted by Gasteiger charge is 2.43. The Morgan fingerprint density at radius 3 is 2.61 bits per heavy atom. The van der Waals surface area contributed by atoms with Crippen molar-refractivity contribution >= 4 is 34.7 Å². The molecular weight excluding hydrogens is 409 g/mol. The number of alkyl halides is 1. The Balaban J connectivity index is 1.97. The Bertz CT molecular complexity index is 537. The number of amides is 1. The van der Waals surface area contributed by atoms with E-state index in [0.29, 0.717) is 19.0 Å². The van der Waals surface area contributed by atoms with Crippen molar-refractivity contribution in [1.82, 2.24) is 4.90 Å². The number of hydrogen-bond donors (Lipinski definition) is 0. The molecule has 0 bridgehead atoms. The van der Waals surface area contributed by atoms with Crippen LogP contribution in [0.25, 0.3) is 0 Å². The van der Waals surface area contributed by atoms with E-state index in [2.05, 4.69) is 29.5 Å². The number of benzene rings is 1. The zero-order valence-corrected chi connectivity index (χ0v) is 15.6. The Morgan fingerprint density at radius 2 is 2.00 bits per heavy atom. The van der Waals surface area contributed by atoms with Crippen LogP contribution in [-0.2, 0) is 20.9 Å². The maximum Gasteiger partial charge on any atom is 0.410 e. The van der Waals surface area contributed by atoms with Gasteiger partial charge in [-0.25, -0.2) is 4.79 Å². The largest absolute Gasteiger partial charge is 0.469 e. The molecule has 1 fully saturated rings. The molecule has 2 rings (SSSR count). The molecule has 6 heteroatoms. The van der Waals surface area contributed by atoms with Gasteiger partial charge in [-0.15, -0.1) is 0 Å². The predicted molar refractivity (Wildman–Crippen MR) is 95.2 cm³/mol. The Hall–Kier alpha value is -1.31. The Morgan fingerprint density at radius 1 is 1.30 bits per heavy atom. The summed E-state index contributed by atoms with van der Waals surface area (Å²) in [6.45, 7) is 3.25. The SMILES string of the molecule is COC(=O)C1CN(C(=O)OCc2ccccc2)C[C@@H]1[C@@H](C)CI. The number of carbonyl (C=O) groups is 2. The quantitative estimate of drug-likeness (QED) is 0.409. The van der Waals surface area contributed by atoms with Gasteiger partial charge in [0.25, 0.3) is 0 Å². The smallest absolute Gasteiger partial charge is 0.410 e. The number of ether oxygens (including phenoxy) is 2. The first-order chi connectivity index (χ1) is 11.1. The number of methoxy groups -OCH3 is 1. The highest BCUT2D eigenvalue weighted by Crippen LogP contribution is 2.32. The van der Waals surface area contributed by atoms with Crippen molar-refractivity contribution < 1.29 is 19.1 Å². The monoisotopic (exact) mass is 431 g/mol. The van der Waals surface area contributed by atoms with Crippen molar-refractivity contribution in [3.05, 3.63) is 35.9 Å².